The van der Waals surface area contributed by atoms with Crippen molar-refractivity contribution in [3.63, 3.8) is 0 Å². The van der Waals surface area contributed by atoms with E-state index < -0.39 is 5.97 Å². The van der Waals surface area contributed by atoms with Crippen LogP contribution >= 0.6 is 39.1 Å². The van der Waals surface area contributed by atoms with Crippen molar-refractivity contribution in [2.45, 2.75) is 0 Å². The van der Waals surface area contributed by atoms with Crippen LogP contribution in [-0.4, -0.2) is 18.1 Å². The number of nitrogens with zero attached hydrogens (tertiary/aromatic N) is 1. The molecule has 21 heavy (non-hydrogen) atoms. The summed E-state index contributed by atoms with van der Waals surface area (Å²) in [5.74, 6) is -0.274. The molecule has 0 aliphatic carbocycles. The van der Waals surface area contributed by atoms with E-state index in [4.69, 9.17) is 33.7 Å². The minimum Gasteiger partial charge on any atom is -0.465 e. The van der Waals surface area contributed by atoms with Gasteiger partial charge in [-0.3, -0.25) is 0 Å². The summed E-state index contributed by atoms with van der Waals surface area (Å²) in [4.78, 5) is 15.5. The first-order valence-corrected chi connectivity index (χ1v) is 7.14. The van der Waals surface area contributed by atoms with E-state index in [1.807, 2.05) is 0 Å². The number of hydrogen-bond acceptors (Lipinski definition) is 5. The van der Waals surface area contributed by atoms with Gasteiger partial charge in [-0.15, -0.1) is 0 Å². The summed E-state index contributed by atoms with van der Waals surface area (Å²) >= 11 is 15.3. The number of methoxy groups -OCH3 is 1. The van der Waals surface area contributed by atoms with E-state index in [0.29, 0.717) is 14.5 Å². The highest BCUT2D eigenvalue weighted by molar-refractivity contribution is 9.10. The van der Waals surface area contributed by atoms with Crippen LogP contribution in [0, 0.1) is 0 Å². The Kier molecular flexibility index (Phi) is 4.92. The first kappa shape index (κ1) is 15.9. The first-order chi connectivity index (χ1) is 9.93. The fourth-order valence-corrected chi connectivity index (χ4v) is 2.34. The molecule has 0 radical (unpaired) electrons. The molecule has 110 valence electrons. The van der Waals surface area contributed by atoms with Gasteiger partial charge in [0.05, 0.1) is 22.7 Å². The van der Waals surface area contributed by atoms with Gasteiger partial charge in [0, 0.05) is 16.7 Å². The molecule has 0 spiro atoms. The lowest BCUT2D eigenvalue weighted by Gasteiger charge is -2.11. The SMILES string of the molecule is COC(=O)c1ccnc(Oc2cc(Cl)c(Br)cc2Cl)c1N. The van der Waals surface area contributed by atoms with E-state index in [1.54, 1.807) is 6.07 Å². The fraction of sp³-hybridized carbons (Fsp3) is 0.0769. The summed E-state index contributed by atoms with van der Waals surface area (Å²) < 4.78 is 10.8. The molecule has 8 heteroatoms. The number of rotatable bonds is 3. The van der Waals surface area contributed by atoms with Crippen LogP contribution in [-0.2, 0) is 4.74 Å². The lowest BCUT2D eigenvalue weighted by Crippen LogP contribution is -2.07. The standard InChI is InChI=1S/C13H9BrCl2N2O3/c1-20-13(19)6-2-3-18-12(11(6)17)21-10-5-8(15)7(14)4-9(10)16/h2-5H,17H2,1H3. The van der Waals surface area contributed by atoms with E-state index in [1.165, 1.54) is 25.4 Å². The molecule has 0 fully saturated rings. The summed E-state index contributed by atoms with van der Waals surface area (Å²) in [5, 5.41) is 0.730. The maximum atomic E-state index is 11.6. The number of aromatic nitrogens is 1. The number of halogens is 3. The van der Waals surface area contributed by atoms with Crippen molar-refractivity contribution in [3.8, 4) is 11.6 Å². The van der Waals surface area contributed by atoms with Crippen LogP contribution in [0.15, 0.2) is 28.9 Å². The summed E-state index contributed by atoms with van der Waals surface area (Å²) in [7, 11) is 1.26. The molecule has 1 aromatic heterocycles. The van der Waals surface area contributed by atoms with Gasteiger partial charge in [-0.1, -0.05) is 23.2 Å². The topological polar surface area (TPSA) is 74.4 Å². The zero-order valence-corrected chi connectivity index (χ0v) is 13.8. The monoisotopic (exact) mass is 390 g/mol. The Hall–Kier alpha value is -1.50. The summed E-state index contributed by atoms with van der Waals surface area (Å²) in [6.07, 6.45) is 1.38. The highest BCUT2D eigenvalue weighted by Crippen LogP contribution is 2.37. The van der Waals surface area contributed by atoms with E-state index in [0.717, 1.165) is 0 Å². The Morgan fingerprint density at radius 1 is 1.33 bits per heavy atom. The van der Waals surface area contributed by atoms with Crippen molar-refractivity contribution in [2.75, 3.05) is 12.8 Å². The van der Waals surface area contributed by atoms with Gasteiger partial charge in [-0.2, -0.15) is 0 Å². The number of nitrogens with two attached hydrogens (primary N) is 1. The Morgan fingerprint density at radius 2 is 2.05 bits per heavy atom. The van der Waals surface area contributed by atoms with Gasteiger partial charge in [-0.25, -0.2) is 9.78 Å². The van der Waals surface area contributed by atoms with Crippen LogP contribution in [0.2, 0.25) is 10.0 Å². The van der Waals surface area contributed by atoms with E-state index in [2.05, 4.69) is 25.7 Å². The Labute approximate surface area is 139 Å². The van der Waals surface area contributed by atoms with Crippen molar-refractivity contribution in [3.05, 3.63) is 44.5 Å². The summed E-state index contributed by atoms with van der Waals surface area (Å²) in [6, 6.07) is 4.53. The third-order valence-corrected chi connectivity index (χ3v) is 4.03. The van der Waals surface area contributed by atoms with Crippen LogP contribution in [0.4, 0.5) is 5.69 Å². The van der Waals surface area contributed by atoms with E-state index in [-0.39, 0.29) is 22.9 Å². The lowest BCUT2D eigenvalue weighted by molar-refractivity contribution is 0.0601. The van der Waals surface area contributed by atoms with Gasteiger partial charge in [0.25, 0.3) is 0 Å². The van der Waals surface area contributed by atoms with Crippen LogP contribution in [0.1, 0.15) is 10.4 Å². The number of anilines is 1. The summed E-state index contributed by atoms with van der Waals surface area (Å²) in [6.45, 7) is 0. The first-order valence-electron chi connectivity index (χ1n) is 5.59. The zero-order chi connectivity index (χ0) is 15.6. The van der Waals surface area contributed by atoms with Gasteiger partial charge in [0.1, 0.15) is 11.4 Å². The normalized spacial score (nSPS) is 10.3. The molecule has 0 atom stereocenters. The minimum absolute atomic E-state index is 0.0400. The number of nitrogen functional groups attached to an aromatic ring is 1. The second kappa shape index (κ2) is 6.51. The number of carbonyl (C=O) groups excluding carboxylic acids is 1. The zero-order valence-electron chi connectivity index (χ0n) is 10.7. The molecule has 2 N–H and O–H groups in total. The second-order valence-electron chi connectivity index (χ2n) is 3.87. The van der Waals surface area contributed by atoms with E-state index in [9.17, 15) is 4.79 Å². The van der Waals surface area contributed by atoms with Crippen molar-refractivity contribution < 1.29 is 14.3 Å². The molecule has 1 aromatic carbocycles. The molecule has 1 heterocycles. The molecule has 0 saturated heterocycles. The summed E-state index contributed by atoms with van der Waals surface area (Å²) in [5.41, 5.74) is 6.06. The third kappa shape index (κ3) is 3.40. The van der Waals surface area contributed by atoms with Gasteiger partial charge in [0.2, 0.25) is 5.88 Å². The molecule has 2 rings (SSSR count). The van der Waals surface area contributed by atoms with Crippen molar-refractivity contribution in [1.29, 1.82) is 0 Å². The number of ether oxygens (including phenoxy) is 2. The Balaban J connectivity index is 2.41. The molecule has 5 nitrogen and oxygen atoms in total. The van der Waals surface area contributed by atoms with Gasteiger partial charge in [0.15, 0.2) is 0 Å². The molecule has 0 aliphatic rings. The molecular formula is C13H9BrCl2N2O3. The fourth-order valence-electron chi connectivity index (χ4n) is 1.51. The number of pyridine rings is 1. The predicted molar refractivity (Wildman–Crippen MR) is 84.2 cm³/mol. The average molecular weight is 392 g/mol. The molecule has 0 bridgehead atoms. The molecular weight excluding hydrogens is 383 g/mol. The smallest absolute Gasteiger partial charge is 0.340 e. The highest BCUT2D eigenvalue weighted by Gasteiger charge is 2.17. The molecule has 0 saturated carbocycles. The minimum atomic E-state index is -0.584. The van der Waals surface area contributed by atoms with Crippen LogP contribution in [0.5, 0.6) is 11.6 Å². The van der Waals surface area contributed by atoms with Crippen LogP contribution in [0.3, 0.4) is 0 Å². The largest absolute Gasteiger partial charge is 0.465 e. The number of benzene rings is 1. The van der Waals surface area contributed by atoms with Crippen LogP contribution in [0.25, 0.3) is 0 Å². The molecule has 0 amide bonds. The predicted octanol–water partition coefficient (Wildman–Crippen LogP) is 4.31. The van der Waals surface area contributed by atoms with Crippen molar-refractivity contribution in [2.24, 2.45) is 0 Å². The third-order valence-electron chi connectivity index (χ3n) is 2.54. The molecule has 0 aliphatic heterocycles. The highest BCUT2D eigenvalue weighted by atomic mass is 79.9. The number of esters is 1. The van der Waals surface area contributed by atoms with Gasteiger partial charge >= 0.3 is 5.97 Å². The lowest BCUT2D eigenvalue weighted by atomic mass is 10.2. The van der Waals surface area contributed by atoms with E-state index >= 15 is 0 Å². The second-order valence-corrected chi connectivity index (χ2v) is 5.54. The van der Waals surface area contributed by atoms with Crippen molar-refractivity contribution in [1.82, 2.24) is 4.98 Å². The Bertz CT molecular complexity index is 710. The average Bonchev–Trinajstić information content (AvgIpc) is 2.46. The van der Waals surface area contributed by atoms with Crippen LogP contribution < -0.4 is 10.5 Å². The molecule has 2 aromatic rings. The molecule has 0 unspecified atom stereocenters. The quantitative estimate of drug-likeness (QED) is 0.623. The Morgan fingerprint density at radius 3 is 2.71 bits per heavy atom. The van der Waals surface area contributed by atoms with Crippen molar-refractivity contribution >= 4 is 50.8 Å². The maximum absolute atomic E-state index is 11.6. The van der Waals surface area contributed by atoms with Gasteiger partial charge < -0.3 is 15.2 Å². The number of carbonyl (C=O) groups is 1. The number of hydrogen-bond donors (Lipinski definition) is 1. The maximum Gasteiger partial charge on any atom is 0.340 e. The van der Waals surface area contributed by atoms with Gasteiger partial charge in [-0.05, 0) is 28.1 Å².